The molecule has 4 rings (SSSR count). The second-order valence-corrected chi connectivity index (χ2v) is 5.36. The van der Waals surface area contributed by atoms with E-state index in [-0.39, 0.29) is 0 Å². The molecule has 0 saturated carbocycles. The first-order valence-electron chi connectivity index (χ1n) is 7.46. The van der Waals surface area contributed by atoms with Crippen LogP contribution in [-0.2, 0) is 6.42 Å². The van der Waals surface area contributed by atoms with Crippen LogP contribution in [0.3, 0.4) is 0 Å². The number of hydrogen-bond donors (Lipinski definition) is 1. The van der Waals surface area contributed by atoms with Crippen LogP contribution in [0.1, 0.15) is 12.6 Å². The molecular weight excluding hydrogens is 272 g/mol. The van der Waals surface area contributed by atoms with Gasteiger partial charge in [-0.05, 0) is 24.6 Å². The van der Waals surface area contributed by atoms with Gasteiger partial charge in [-0.25, -0.2) is 0 Å². The molecule has 0 saturated heterocycles. The first-order valence-corrected chi connectivity index (χ1v) is 7.46. The van der Waals surface area contributed by atoms with Crippen molar-refractivity contribution in [3.05, 3.63) is 66.5 Å². The third kappa shape index (κ3) is 1.72. The van der Waals surface area contributed by atoms with Crippen molar-refractivity contribution < 1.29 is 5.11 Å². The van der Waals surface area contributed by atoms with E-state index in [1.165, 1.54) is 0 Å². The molecule has 3 heteroatoms. The Bertz CT molecular complexity index is 971. The summed E-state index contributed by atoms with van der Waals surface area (Å²) in [7, 11) is 0. The van der Waals surface area contributed by atoms with E-state index >= 15 is 0 Å². The lowest BCUT2D eigenvalue weighted by Crippen LogP contribution is -1.94. The molecule has 0 aliphatic heterocycles. The molecule has 0 fully saturated rings. The van der Waals surface area contributed by atoms with Gasteiger partial charge in [0.1, 0.15) is 5.75 Å². The highest BCUT2D eigenvalue weighted by Gasteiger charge is 2.17. The van der Waals surface area contributed by atoms with E-state index < -0.39 is 0 Å². The monoisotopic (exact) mass is 288 g/mol. The van der Waals surface area contributed by atoms with Crippen molar-refractivity contribution in [1.82, 2.24) is 9.55 Å². The van der Waals surface area contributed by atoms with E-state index in [9.17, 15) is 5.11 Å². The number of aromatic hydroxyl groups is 1. The molecule has 0 spiro atoms. The van der Waals surface area contributed by atoms with Gasteiger partial charge in [-0.15, -0.1) is 0 Å². The van der Waals surface area contributed by atoms with Crippen molar-refractivity contribution in [3.63, 3.8) is 0 Å². The first-order chi connectivity index (χ1) is 10.8. The second kappa shape index (κ2) is 4.88. The standard InChI is InChI=1S/C19H16N2O/c1-2-15-19(22)18-14-10-6-7-11-16(14)21(17(18)12-20-15)13-8-4-3-5-9-13/h3-12,22H,2H2,1H3. The van der Waals surface area contributed by atoms with E-state index in [1.807, 2.05) is 43.5 Å². The number of benzene rings is 2. The average molecular weight is 288 g/mol. The molecule has 2 heterocycles. The lowest BCUT2D eigenvalue weighted by atomic mass is 10.1. The molecule has 0 bridgehead atoms. The molecule has 108 valence electrons. The maximum Gasteiger partial charge on any atom is 0.147 e. The summed E-state index contributed by atoms with van der Waals surface area (Å²) in [6.07, 6.45) is 2.58. The Morgan fingerprint density at radius 2 is 1.68 bits per heavy atom. The van der Waals surface area contributed by atoms with E-state index in [4.69, 9.17) is 0 Å². The average Bonchev–Trinajstić information content (AvgIpc) is 2.91. The van der Waals surface area contributed by atoms with Gasteiger partial charge < -0.3 is 9.67 Å². The third-order valence-corrected chi connectivity index (χ3v) is 4.11. The molecule has 0 amide bonds. The highest BCUT2D eigenvalue weighted by Crippen LogP contribution is 2.37. The predicted octanol–water partition coefficient (Wildman–Crippen LogP) is 4.45. The van der Waals surface area contributed by atoms with E-state index in [2.05, 4.69) is 33.8 Å². The fourth-order valence-electron chi connectivity index (χ4n) is 3.09. The molecule has 3 nitrogen and oxygen atoms in total. The summed E-state index contributed by atoms with van der Waals surface area (Å²) in [5, 5.41) is 12.6. The summed E-state index contributed by atoms with van der Waals surface area (Å²) < 4.78 is 2.15. The SMILES string of the molecule is CCc1ncc2c(c1O)c1ccccc1n2-c1ccccc1. The van der Waals surface area contributed by atoms with Crippen molar-refractivity contribution >= 4 is 21.8 Å². The lowest BCUT2D eigenvalue weighted by Gasteiger charge is -2.07. The summed E-state index contributed by atoms with van der Waals surface area (Å²) >= 11 is 0. The number of nitrogens with zero attached hydrogens (tertiary/aromatic N) is 2. The van der Waals surface area contributed by atoms with Gasteiger partial charge in [-0.1, -0.05) is 43.3 Å². The Kier molecular flexibility index (Phi) is 2.86. The minimum absolute atomic E-state index is 0.297. The summed E-state index contributed by atoms with van der Waals surface area (Å²) in [4.78, 5) is 4.44. The largest absolute Gasteiger partial charge is 0.505 e. The maximum absolute atomic E-state index is 10.6. The number of para-hydroxylation sites is 2. The number of hydrogen-bond acceptors (Lipinski definition) is 2. The van der Waals surface area contributed by atoms with Crippen LogP contribution in [0.5, 0.6) is 5.75 Å². The molecule has 0 atom stereocenters. The van der Waals surface area contributed by atoms with E-state index in [1.54, 1.807) is 0 Å². The van der Waals surface area contributed by atoms with Crippen molar-refractivity contribution in [2.75, 3.05) is 0 Å². The molecule has 2 aromatic carbocycles. The van der Waals surface area contributed by atoms with Crippen LogP contribution in [0.4, 0.5) is 0 Å². The van der Waals surface area contributed by atoms with Gasteiger partial charge in [-0.3, -0.25) is 4.98 Å². The zero-order valence-electron chi connectivity index (χ0n) is 12.3. The van der Waals surface area contributed by atoms with Crippen molar-refractivity contribution in [2.45, 2.75) is 13.3 Å². The summed E-state index contributed by atoms with van der Waals surface area (Å²) in [5.41, 5.74) is 3.82. The van der Waals surface area contributed by atoms with Crippen LogP contribution in [0.2, 0.25) is 0 Å². The highest BCUT2D eigenvalue weighted by molar-refractivity contribution is 6.12. The zero-order chi connectivity index (χ0) is 15.1. The summed E-state index contributed by atoms with van der Waals surface area (Å²) in [6, 6.07) is 18.3. The Morgan fingerprint density at radius 3 is 2.45 bits per heavy atom. The van der Waals surface area contributed by atoms with Crippen LogP contribution in [-0.4, -0.2) is 14.7 Å². The van der Waals surface area contributed by atoms with Gasteiger partial charge in [0.05, 0.1) is 28.3 Å². The Morgan fingerprint density at radius 1 is 0.955 bits per heavy atom. The van der Waals surface area contributed by atoms with E-state index in [0.29, 0.717) is 12.2 Å². The molecule has 0 aliphatic rings. The molecule has 0 aliphatic carbocycles. The van der Waals surface area contributed by atoms with Crippen molar-refractivity contribution in [1.29, 1.82) is 0 Å². The van der Waals surface area contributed by atoms with Crippen LogP contribution in [0.25, 0.3) is 27.5 Å². The first kappa shape index (κ1) is 12.9. The zero-order valence-corrected chi connectivity index (χ0v) is 12.3. The van der Waals surface area contributed by atoms with Crippen molar-refractivity contribution in [3.8, 4) is 11.4 Å². The molecular formula is C19H16N2O. The molecule has 0 unspecified atom stereocenters. The fourth-order valence-corrected chi connectivity index (χ4v) is 3.09. The quantitative estimate of drug-likeness (QED) is 0.592. The number of rotatable bonds is 2. The molecule has 0 radical (unpaired) electrons. The van der Waals surface area contributed by atoms with Gasteiger partial charge in [0, 0.05) is 11.1 Å². The minimum Gasteiger partial charge on any atom is -0.505 e. The summed E-state index contributed by atoms with van der Waals surface area (Å²) in [6.45, 7) is 2.00. The minimum atomic E-state index is 0.297. The lowest BCUT2D eigenvalue weighted by molar-refractivity contribution is 0.472. The Labute approximate surface area is 128 Å². The Hall–Kier alpha value is -2.81. The topological polar surface area (TPSA) is 38.1 Å². The normalized spacial score (nSPS) is 11.3. The molecule has 22 heavy (non-hydrogen) atoms. The predicted molar refractivity (Wildman–Crippen MR) is 89.6 cm³/mol. The van der Waals surface area contributed by atoms with Gasteiger partial charge in [0.2, 0.25) is 0 Å². The Balaban J connectivity index is 2.22. The van der Waals surface area contributed by atoms with Crippen LogP contribution < -0.4 is 0 Å². The van der Waals surface area contributed by atoms with Gasteiger partial charge >= 0.3 is 0 Å². The van der Waals surface area contributed by atoms with Crippen LogP contribution in [0, 0.1) is 0 Å². The number of fused-ring (bicyclic) bond motifs is 3. The van der Waals surface area contributed by atoms with Gasteiger partial charge in [0.15, 0.2) is 0 Å². The summed E-state index contributed by atoms with van der Waals surface area (Å²) in [5.74, 6) is 0.297. The molecule has 1 N–H and O–H groups in total. The van der Waals surface area contributed by atoms with Crippen LogP contribution >= 0.6 is 0 Å². The van der Waals surface area contributed by atoms with Gasteiger partial charge in [0.25, 0.3) is 0 Å². The third-order valence-electron chi connectivity index (χ3n) is 4.11. The molecule has 2 aromatic heterocycles. The smallest absolute Gasteiger partial charge is 0.147 e. The van der Waals surface area contributed by atoms with E-state index in [0.717, 1.165) is 33.2 Å². The second-order valence-electron chi connectivity index (χ2n) is 5.36. The van der Waals surface area contributed by atoms with Crippen LogP contribution in [0.15, 0.2) is 60.8 Å². The fraction of sp³-hybridized carbons (Fsp3) is 0.105. The number of pyridine rings is 1. The van der Waals surface area contributed by atoms with Gasteiger partial charge in [-0.2, -0.15) is 0 Å². The van der Waals surface area contributed by atoms with Crippen molar-refractivity contribution in [2.24, 2.45) is 0 Å². The molecule has 4 aromatic rings. The maximum atomic E-state index is 10.6. The highest BCUT2D eigenvalue weighted by atomic mass is 16.3. The number of aryl methyl sites for hydroxylation is 1. The number of aromatic nitrogens is 2.